The third-order valence-corrected chi connectivity index (χ3v) is 6.35. The Hall–Kier alpha value is -2.29. The van der Waals surface area contributed by atoms with Crippen LogP contribution in [-0.4, -0.2) is 80.0 Å². The fraction of sp³-hybridized carbons (Fsp3) is 0.565. The lowest BCUT2D eigenvalue weighted by Gasteiger charge is -2.44. The molecule has 1 aromatic heterocycles. The van der Waals surface area contributed by atoms with E-state index in [-0.39, 0.29) is 24.9 Å². The highest BCUT2D eigenvalue weighted by Crippen LogP contribution is 2.35. The summed E-state index contributed by atoms with van der Waals surface area (Å²) >= 11 is 3.12. The summed E-state index contributed by atoms with van der Waals surface area (Å²) in [5.41, 5.74) is 1.70. The minimum Gasteiger partial charge on any atom is -0.435 e. The molecular formula is C23H30BrFN2O9. The van der Waals surface area contributed by atoms with Crippen LogP contribution in [0.1, 0.15) is 43.6 Å². The van der Waals surface area contributed by atoms with Gasteiger partial charge in [-0.3, -0.25) is 4.68 Å². The predicted molar refractivity (Wildman–Crippen MR) is 126 cm³/mol. The molecule has 0 amide bonds. The molecule has 1 saturated heterocycles. The number of aliphatic hydroxyl groups is 4. The molecule has 0 radical (unpaired) electrons. The van der Waals surface area contributed by atoms with Crippen LogP contribution in [0.2, 0.25) is 0 Å². The molecule has 36 heavy (non-hydrogen) atoms. The lowest BCUT2D eigenvalue weighted by molar-refractivity contribution is -0.423. The molecule has 2 aromatic rings. The molecule has 0 unspecified atom stereocenters. The van der Waals surface area contributed by atoms with Gasteiger partial charge in [0, 0.05) is 23.7 Å². The summed E-state index contributed by atoms with van der Waals surface area (Å²) in [4.78, 5) is 11.5. The van der Waals surface area contributed by atoms with Gasteiger partial charge in [-0.15, -0.1) is 5.10 Å². The summed E-state index contributed by atoms with van der Waals surface area (Å²) in [6.07, 6.45) is -8.13. The number of halogens is 2. The maximum Gasteiger partial charge on any atom is 0.508 e. The highest BCUT2D eigenvalue weighted by molar-refractivity contribution is 9.10. The summed E-state index contributed by atoms with van der Waals surface area (Å²) in [5.74, 6) is -3.47. The van der Waals surface area contributed by atoms with Gasteiger partial charge in [-0.1, -0.05) is 6.07 Å². The van der Waals surface area contributed by atoms with Gasteiger partial charge >= 0.3 is 12.1 Å². The average Bonchev–Trinajstić information content (AvgIpc) is 3.11. The van der Waals surface area contributed by atoms with Gasteiger partial charge in [0.25, 0.3) is 0 Å². The van der Waals surface area contributed by atoms with Crippen molar-refractivity contribution in [2.45, 2.75) is 70.5 Å². The van der Waals surface area contributed by atoms with Crippen LogP contribution in [-0.2, 0) is 20.6 Å². The molecule has 0 aliphatic carbocycles. The zero-order chi connectivity index (χ0) is 26.8. The number of nitrogens with zero attached hydrogens (tertiary/aromatic N) is 2. The van der Waals surface area contributed by atoms with Crippen molar-refractivity contribution in [1.82, 2.24) is 9.78 Å². The Balaban J connectivity index is 1.92. The standard InChI is InChI=1S/C23H30BrFN2O9/c1-5-33-22(31)34-10-17-18(28)19(29)20(30)23(32,35-17)36-21-14(12(4)27(26-21)11(2)3)8-13-6-7-15(24)16(25)9-13/h6-7,9,11,17-20,28-30,32H,5,8,10H2,1-4H3/t17-,18-,19+,20-,23-/m1/s1. The Morgan fingerprint density at radius 1 is 1.28 bits per heavy atom. The summed E-state index contributed by atoms with van der Waals surface area (Å²) < 4.78 is 36.5. The van der Waals surface area contributed by atoms with Crippen LogP contribution in [0.5, 0.6) is 5.88 Å². The number of benzene rings is 1. The number of carbonyl (C=O) groups excluding carboxylic acids is 1. The van der Waals surface area contributed by atoms with Gasteiger partial charge in [0.2, 0.25) is 5.88 Å². The van der Waals surface area contributed by atoms with E-state index in [0.29, 0.717) is 21.3 Å². The molecule has 0 saturated carbocycles. The molecule has 5 atom stereocenters. The van der Waals surface area contributed by atoms with E-state index in [2.05, 4.69) is 25.8 Å². The minimum absolute atomic E-state index is 0.0458. The third-order valence-electron chi connectivity index (χ3n) is 5.71. The molecule has 1 aliphatic heterocycles. The SMILES string of the molecule is CCOC(=O)OC[C@H]1O[C@@](O)(Oc2nn(C(C)C)c(C)c2Cc2ccc(Br)c(F)c2)[C@H](O)[C@@H](O)[C@@H]1O. The van der Waals surface area contributed by atoms with Crippen molar-refractivity contribution in [2.24, 2.45) is 0 Å². The number of hydrogen-bond donors (Lipinski definition) is 4. The molecule has 13 heteroatoms. The van der Waals surface area contributed by atoms with Crippen LogP contribution in [0, 0.1) is 12.7 Å². The Bertz CT molecular complexity index is 1080. The Kier molecular flexibility index (Phi) is 8.96. The van der Waals surface area contributed by atoms with E-state index in [4.69, 9.17) is 14.2 Å². The number of carbonyl (C=O) groups is 1. The van der Waals surface area contributed by atoms with Crippen molar-refractivity contribution in [1.29, 1.82) is 0 Å². The zero-order valence-corrected chi connectivity index (χ0v) is 21.8. The van der Waals surface area contributed by atoms with Gasteiger partial charge in [-0.25, -0.2) is 9.18 Å². The predicted octanol–water partition coefficient (Wildman–Crippen LogP) is 1.94. The smallest absolute Gasteiger partial charge is 0.435 e. The lowest BCUT2D eigenvalue weighted by Crippen LogP contribution is -2.67. The first-order chi connectivity index (χ1) is 16.9. The van der Waals surface area contributed by atoms with Crippen molar-refractivity contribution >= 4 is 22.1 Å². The van der Waals surface area contributed by atoms with Crippen molar-refractivity contribution in [3.63, 3.8) is 0 Å². The molecule has 11 nitrogen and oxygen atoms in total. The summed E-state index contributed by atoms with van der Waals surface area (Å²) in [5, 5.41) is 46.6. The fourth-order valence-electron chi connectivity index (χ4n) is 3.81. The molecular weight excluding hydrogens is 547 g/mol. The lowest BCUT2D eigenvalue weighted by atomic mass is 9.97. The minimum atomic E-state index is -2.87. The quantitative estimate of drug-likeness (QED) is 0.271. The van der Waals surface area contributed by atoms with Crippen LogP contribution in [0.25, 0.3) is 0 Å². The van der Waals surface area contributed by atoms with Gasteiger partial charge in [0.05, 0.1) is 11.1 Å². The second-order valence-electron chi connectivity index (χ2n) is 8.64. The van der Waals surface area contributed by atoms with Crippen molar-refractivity contribution in [2.75, 3.05) is 13.2 Å². The van der Waals surface area contributed by atoms with Gasteiger partial charge < -0.3 is 39.4 Å². The van der Waals surface area contributed by atoms with E-state index in [0.717, 1.165) is 0 Å². The van der Waals surface area contributed by atoms with E-state index < -0.39 is 49.0 Å². The number of hydrogen-bond acceptors (Lipinski definition) is 10. The second kappa shape index (κ2) is 11.4. The zero-order valence-electron chi connectivity index (χ0n) is 20.2. The van der Waals surface area contributed by atoms with Gasteiger partial charge in [-0.2, -0.15) is 0 Å². The normalized spacial score (nSPS) is 26.2. The molecule has 1 aliphatic rings. The molecule has 1 aromatic carbocycles. The molecule has 1 fully saturated rings. The summed E-state index contributed by atoms with van der Waals surface area (Å²) in [6.45, 7) is 6.51. The molecule has 4 N–H and O–H groups in total. The first-order valence-electron chi connectivity index (χ1n) is 11.3. The molecule has 3 rings (SSSR count). The van der Waals surface area contributed by atoms with Gasteiger partial charge in [0.15, 0.2) is 6.10 Å². The molecule has 2 heterocycles. The number of rotatable bonds is 8. The molecule has 0 bridgehead atoms. The van der Waals surface area contributed by atoms with E-state index in [1.165, 1.54) is 6.07 Å². The van der Waals surface area contributed by atoms with Crippen LogP contribution in [0.15, 0.2) is 22.7 Å². The summed E-state index contributed by atoms with van der Waals surface area (Å²) in [7, 11) is 0. The second-order valence-corrected chi connectivity index (χ2v) is 9.50. The third kappa shape index (κ3) is 5.98. The molecule has 0 spiro atoms. The van der Waals surface area contributed by atoms with Crippen molar-refractivity contribution in [3.05, 3.63) is 45.3 Å². The van der Waals surface area contributed by atoms with Crippen LogP contribution in [0.4, 0.5) is 9.18 Å². The maximum atomic E-state index is 14.1. The Morgan fingerprint density at radius 3 is 2.58 bits per heavy atom. The van der Waals surface area contributed by atoms with E-state index >= 15 is 0 Å². The highest BCUT2D eigenvalue weighted by Gasteiger charge is 2.56. The van der Waals surface area contributed by atoms with Crippen molar-refractivity contribution < 1.29 is 48.6 Å². The van der Waals surface area contributed by atoms with E-state index in [1.807, 2.05) is 13.8 Å². The number of aromatic nitrogens is 2. The average molecular weight is 577 g/mol. The monoisotopic (exact) mass is 576 g/mol. The van der Waals surface area contributed by atoms with Crippen LogP contribution < -0.4 is 4.74 Å². The van der Waals surface area contributed by atoms with E-state index in [9.17, 15) is 29.6 Å². The Morgan fingerprint density at radius 2 is 1.97 bits per heavy atom. The first kappa shape index (κ1) is 28.3. The van der Waals surface area contributed by atoms with Crippen LogP contribution >= 0.6 is 15.9 Å². The highest BCUT2D eigenvalue weighted by atomic mass is 79.9. The van der Waals surface area contributed by atoms with E-state index in [1.54, 1.807) is 30.7 Å². The summed E-state index contributed by atoms with van der Waals surface area (Å²) in [6, 6.07) is 4.48. The fourth-order valence-corrected chi connectivity index (χ4v) is 4.06. The van der Waals surface area contributed by atoms with Gasteiger partial charge in [0.1, 0.15) is 30.7 Å². The van der Waals surface area contributed by atoms with Crippen molar-refractivity contribution in [3.8, 4) is 5.88 Å². The first-order valence-corrected chi connectivity index (χ1v) is 12.1. The van der Waals surface area contributed by atoms with Crippen LogP contribution in [0.3, 0.4) is 0 Å². The number of aliphatic hydroxyl groups excluding tert-OH is 3. The largest absolute Gasteiger partial charge is 0.508 e. The maximum absolute atomic E-state index is 14.1. The Labute approximate surface area is 215 Å². The van der Waals surface area contributed by atoms with Gasteiger partial charge in [-0.05, 0) is 61.3 Å². The topological polar surface area (TPSA) is 153 Å². The number of ether oxygens (including phenoxy) is 4. The molecule has 200 valence electrons.